The maximum atomic E-state index is 13.9. The molecule has 11 nitrogen and oxygen atoms in total. The van der Waals surface area contributed by atoms with E-state index in [-0.39, 0.29) is 56.1 Å². The lowest BCUT2D eigenvalue weighted by Crippen LogP contribution is -2.27. The summed E-state index contributed by atoms with van der Waals surface area (Å²) in [6, 6.07) is 8.67. The van der Waals surface area contributed by atoms with Gasteiger partial charge in [0.15, 0.2) is 0 Å². The first-order valence-corrected chi connectivity index (χ1v) is 13.8. The number of carboxylic acid groups (broad SMARTS) is 1. The van der Waals surface area contributed by atoms with Crippen molar-refractivity contribution in [2.24, 2.45) is 14.1 Å². The molecule has 4 aromatic rings. The number of amides is 1. The highest BCUT2D eigenvalue weighted by molar-refractivity contribution is 9.10. The van der Waals surface area contributed by atoms with Crippen LogP contribution in [0.15, 0.2) is 67.3 Å². The Morgan fingerprint density at radius 1 is 0.767 bits per heavy atom. The first kappa shape index (κ1) is 33.2. The van der Waals surface area contributed by atoms with Crippen LogP contribution in [-0.2, 0) is 14.1 Å². The zero-order valence-electron chi connectivity index (χ0n) is 23.1. The van der Waals surface area contributed by atoms with Crippen LogP contribution < -0.4 is 27.2 Å². The fourth-order valence-corrected chi connectivity index (χ4v) is 4.61. The minimum Gasteiger partial charge on any atom is -0.478 e. The van der Waals surface area contributed by atoms with Crippen LogP contribution in [-0.4, -0.2) is 31.3 Å². The molecule has 0 spiro atoms. The topological polar surface area (TPSA) is 155 Å². The molecule has 0 atom stereocenters. The summed E-state index contributed by atoms with van der Waals surface area (Å²) in [4.78, 5) is 47.0. The van der Waals surface area contributed by atoms with Gasteiger partial charge < -0.3 is 24.9 Å². The Morgan fingerprint density at radius 3 is 1.53 bits per heavy atom. The minimum absolute atomic E-state index is 0.0180. The van der Waals surface area contributed by atoms with Gasteiger partial charge in [-0.15, -0.1) is 0 Å². The van der Waals surface area contributed by atoms with Gasteiger partial charge in [-0.1, -0.05) is 31.9 Å². The number of benzene rings is 2. The second-order valence-electron chi connectivity index (χ2n) is 9.16. The maximum Gasteiger partial charge on any atom is 0.339 e. The van der Waals surface area contributed by atoms with Crippen LogP contribution in [0.3, 0.4) is 0 Å². The number of hydrogen-bond acceptors (Lipinski definition) is 7. The molecule has 0 saturated carbocycles. The normalized spacial score (nSPS) is 10.4. The Balaban J connectivity index is 0.000000236. The number of hydrogen-bond donors (Lipinski definition) is 5. The van der Waals surface area contributed by atoms with Crippen molar-refractivity contribution in [2.75, 3.05) is 10.6 Å². The summed E-state index contributed by atoms with van der Waals surface area (Å²) in [6.45, 7) is 3.00. The van der Waals surface area contributed by atoms with E-state index in [0.29, 0.717) is 8.95 Å². The van der Waals surface area contributed by atoms with E-state index in [9.17, 15) is 33.1 Å². The summed E-state index contributed by atoms with van der Waals surface area (Å²) in [6.07, 6.45) is 2.47. The summed E-state index contributed by atoms with van der Waals surface area (Å²) in [5.41, 5.74) is 1.60. The summed E-state index contributed by atoms with van der Waals surface area (Å²) in [5, 5.41) is 23.5. The standard InChI is InChI=1S/C14H13BrFN3O3.C14H12BrFN2O3/c1-7-12(17-11-4-3-8(15)5-10(11)16)9(13(20)18-22)6-19(2)14(7)21;1-7-12(9(14(20)21)6-18(2)13(7)19)17-11-4-3-8(15)5-10(11)16/h3-6,17,22H,1-2H3,(H,18,20);3-6,17H,1-2H3,(H,20,21). The highest BCUT2D eigenvalue weighted by Gasteiger charge is 2.19. The Bertz CT molecular complexity index is 1860. The van der Waals surface area contributed by atoms with Gasteiger partial charge in [-0.05, 0) is 50.2 Å². The quantitative estimate of drug-likeness (QED) is 0.129. The number of anilines is 4. The predicted octanol–water partition coefficient (Wildman–Crippen LogP) is 5.50. The van der Waals surface area contributed by atoms with Crippen molar-refractivity contribution in [2.45, 2.75) is 13.8 Å². The Hall–Kier alpha value is -4.34. The lowest BCUT2D eigenvalue weighted by Gasteiger charge is -2.15. The average molecular weight is 725 g/mol. The Kier molecular flexibility index (Phi) is 10.6. The monoisotopic (exact) mass is 723 g/mol. The second-order valence-corrected chi connectivity index (χ2v) is 11.0. The van der Waals surface area contributed by atoms with Crippen molar-refractivity contribution < 1.29 is 28.7 Å². The van der Waals surface area contributed by atoms with E-state index >= 15 is 0 Å². The van der Waals surface area contributed by atoms with E-state index in [1.807, 2.05) is 0 Å². The number of nitrogens with one attached hydrogen (secondary N) is 3. The number of halogens is 4. The van der Waals surface area contributed by atoms with E-state index in [2.05, 4.69) is 42.5 Å². The molecule has 1 amide bonds. The second kappa shape index (κ2) is 13.8. The van der Waals surface area contributed by atoms with Gasteiger partial charge >= 0.3 is 5.97 Å². The van der Waals surface area contributed by atoms with E-state index in [4.69, 9.17) is 5.21 Å². The zero-order valence-corrected chi connectivity index (χ0v) is 26.2. The molecule has 43 heavy (non-hydrogen) atoms. The molecule has 0 aliphatic rings. The van der Waals surface area contributed by atoms with Crippen LogP contribution in [0.4, 0.5) is 31.5 Å². The van der Waals surface area contributed by atoms with E-state index < -0.39 is 23.5 Å². The van der Waals surface area contributed by atoms with Crippen LogP contribution >= 0.6 is 31.9 Å². The third kappa shape index (κ3) is 7.55. The van der Waals surface area contributed by atoms with Crippen LogP contribution in [0.2, 0.25) is 0 Å². The molecule has 15 heteroatoms. The maximum absolute atomic E-state index is 13.9. The fourth-order valence-electron chi connectivity index (χ4n) is 3.95. The number of rotatable bonds is 6. The number of aromatic nitrogens is 2. The Labute approximate surface area is 260 Å². The molecule has 4 rings (SSSR count). The molecule has 0 unspecified atom stereocenters. The van der Waals surface area contributed by atoms with Crippen molar-refractivity contribution in [3.63, 3.8) is 0 Å². The van der Waals surface area contributed by atoms with Crippen molar-refractivity contribution in [3.8, 4) is 0 Å². The number of carbonyl (C=O) groups is 2. The van der Waals surface area contributed by atoms with Gasteiger partial charge in [-0.3, -0.25) is 19.6 Å². The lowest BCUT2D eigenvalue weighted by atomic mass is 10.1. The molecule has 5 N–H and O–H groups in total. The summed E-state index contributed by atoms with van der Waals surface area (Å²) < 4.78 is 31.3. The number of carbonyl (C=O) groups excluding carboxylic acids is 1. The molecular weight excluding hydrogens is 700 g/mol. The smallest absolute Gasteiger partial charge is 0.339 e. The van der Waals surface area contributed by atoms with Gasteiger partial charge in [-0.2, -0.15) is 0 Å². The van der Waals surface area contributed by atoms with Crippen LogP contribution in [0.25, 0.3) is 0 Å². The molecule has 0 aliphatic heterocycles. The molecule has 0 radical (unpaired) electrons. The number of nitrogens with zero attached hydrogens (tertiary/aromatic N) is 2. The van der Waals surface area contributed by atoms with Crippen LogP contribution in [0.1, 0.15) is 31.8 Å². The fraction of sp³-hybridized carbons (Fsp3) is 0.143. The van der Waals surface area contributed by atoms with Crippen molar-refractivity contribution in [3.05, 3.63) is 112 Å². The number of aromatic carboxylic acids is 1. The zero-order chi connectivity index (χ0) is 32.2. The Morgan fingerprint density at radius 2 is 1.16 bits per heavy atom. The summed E-state index contributed by atoms with van der Waals surface area (Å²) in [5.74, 6) is -3.11. The molecule has 2 aromatic carbocycles. The number of hydroxylamine groups is 1. The first-order chi connectivity index (χ1) is 20.2. The third-order valence-corrected chi connectivity index (χ3v) is 7.16. The molecule has 0 aliphatic carbocycles. The van der Waals surface area contributed by atoms with Crippen molar-refractivity contribution >= 4 is 66.5 Å². The molecule has 0 fully saturated rings. The van der Waals surface area contributed by atoms with Gasteiger partial charge in [0.1, 0.15) is 11.6 Å². The van der Waals surface area contributed by atoms with E-state index in [1.54, 1.807) is 12.1 Å². The third-order valence-electron chi connectivity index (χ3n) is 6.17. The van der Waals surface area contributed by atoms with Gasteiger partial charge in [0.25, 0.3) is 17.0 Å². The molecule has 226 valence electrons. The average Bonchev–Trinajstić information content (AvgIpc) is 2.95. The van der Waals surface area contributed by atoms with Crippen molar-refractivity contribution in [1.82, 2.24) is 14.6 Å². The number of pyridine rings is 2. The molecule has 2 aromatic heterocycles. The largest absolute Gasteiger partial charge is 0.478 e. The van der Waals surface area contributed by atoms with Gasteiger partial charge in [0.2, 0.25) is 0 Å². The van der Waals surface area contributed by atoms with Gasteiger partial charge in [0.05, 0.1) is 33.9 Å². The predicted molar refractivity (Wildman–Crippen MR) is 164 cm³/mol. The SMILES string of the molecule is Cc1c(Nc2ccc(Br)cc2F)c(C(=O)NO)cn(C)c1=O.Cc1c(Nc2ccc(Br)cc2F)c(C(=O)O)cn(C)c1=O. The number of carboxylic acids is 1. The summed E-state index contributed by atoms with van der Waals surface area (Å²) >= 11 is 6.29. The minimum atomic E-state index is -1.20. The van der Waals surface area contributed by atoms with Crippen LogP contribution in [0.5, 0.6) is 0 Å². The van der Waals surface area contributed by atoms with Crippen LogP contribution in [0, 0.1) is 25.5 Å². The number of aryl methyl sites for hydroxylation is 2. The van der Waals surface area contributed by atoms with E-state index in [1.165, 1.54) is 79.2 Å². The molecular formula is C28H25Br2F2N5O6. The van der Waals surface area contributed by atoms with Crippen molar-refractivity contribution in [1.29, 1.82) is 0 Å². The molecule has 0 bridgehead atoms. The van der Waals surface area contributed by atoms with Gasteiger partial charge in [-0.25, -0.2) is 19.1 Å². The summed E-state index contributed by atoms with van der Waals surface area (Å²) in [7, 11) is 2.94. The first-order valence-electron chi connectivity index (χ1n) is 12.2. The lowest BCUT2D eigenvalue weighted by molar-refractivity contribution is 0.0693. The molecule has 0 saturated heterocycles. The molecule has 2 heterocycles. The highest BCUT2D eigenvalue weighted by atomic mass is 79.9. The van der Waals surface area contributed by atoms with E-state index in [0.717, 1.165) is 0 Å². The van der Waals surface area contributed by atoms with Gasteiger partial charge in [0, 0.05) is 46.6 Å². The highest BCUT2D eigenvalue weighted by Crippen LogP contribution is 2.28.